The number of nitrogen functional groups attached to an aromatic ring is 1. The molecule has 2 aromatic rings. The first-order chi connectivity index (χ1) is 9.82. The number of nitrogens with one attached hydrogen (secondary N) is 1. The third-order valence-electron chi connectivity index (χ3n) is 3.21. The quantitative estimate of drug-likeness (QED) is 0.704. The van der Waals surface area contributed by atoms with Gasteiger partial charge in [0, 0.05) is 18.9 Å². The monoisotopic (exact) mass is 289 g/mol. The second kappa shape index (κ2) is 5.28. The van der Waals surface area contributed by atoms with E-state index in [2.05, 4.69) is 5.32 Å². The van der Waals surface area contributed by atoms with Gasteiger partial charge in [-0.15, -0.1) is 0 Å². The molecule has 0 aliphatic carbocycles. The number of hydrogen-bond acceptors (Lipinski definition) is 4. The SMILES string of the molecule is CC(NC(=O)c1cn(C)c2cccc(N)c2c1=O)C(=O)O. The smallest absolute Gasteiger partial charge is 0.325 e. The van der Waals surface area contributed by atoms with Crippen molar-refractivity contribution >= 4 is 28.5 Å². The molecule has 7 nitrogen and oxygen atoms in total. The Morgan fingerprint density at radius 3 is 2.67 bits per heavy atom. The minimum absolute atomic E-state index is 0.143. The standard InChI is InChI=1S/C14H15N3O4/c1-7(14(20)21)16-13(19)8-6-17(2)10-5-3-4-9(15)11(10)12(8)18/h3-7H,15H2,1-2H3,(H,16,19)(H,20,21). The highest BCUT2D eigenvalue weighted by molar-refractivity contribution is 6.01. The van der Waals surface area contributed by atoms with Crippen molar-refractivity contribution in [1.82, 2.24) is 9.88 Å². The normalized spacial score (nSPS) is 12.1. The van der Waals surface area contributed by atoms with E-state index >= 15 is 0 Å². The van der Waals surface area contributed by atoms with Crippen LogP contribution in [-0.4, -0.2) is 27.6 Å². The van der Waals surface area contributed by atoms with Gasteiger partial charge in [0.25, 0.3) is 5.91 Å². The van der Waals surface area contributed by atoms with Crippen LogP contribution in [0.15, 0.2) is 29.2 Å². The van der Waals surface area contributed by atoms with Gasteiger partial charge in [0.05, 0.1) is 10.9 Å². The molecule has 1 aromatic carbocycles. The van der Waals surface area contributed by atoms with Gasteiger partial charge in [0.2, 0.25) is 5.43 Å². The number of amides is 1. The Labute approximate surface area is 120 Å². The lowest BCUT2D eigenvalue weighted by molar-refractivity contribution is -0.138. The van der Waals surface area contributed by atoms with E-state index in [1.807, 2.05) is 0 Å². The molecule has 0 saturated heterocycles. The van der Waals surface area contributed by atoms with Crippen molar-refractivity contribution in [2.75, 3.05) is 5.73 Å². The molecule has 0 saturated carbocycles. The first kappa shape index (κ1) is 14.6. The molecule has 0 radical (unpaired) electrons. The number of nitrogens with zero attached hydrogens (tertiary/aromatic N) is 1. The summed E-state index contributed by atoms with van der Waals surface area (Å²) in [7, 11) is 1.68. The van der Waals surface area contributed by atoms with Crippen LogP contribution in [0.2, 0.25) is 0 Å². The fraction of sp³-hybridized carbons (Fsp3) is 0.214. The van der Waals surface area contributed by atoms with Gasteiger partial charge in [-0.2, -0.15) is 0 Å². The number of carboxylic acid groups (broad SMARTS) is 1. The average Bonchev–Trinajstić information content (AvgIpc) is 2.42. The summed E-state index contributed by atoms with van der Waals surface area (Å²) in [5, 5.41) is 11.3. The van der Waals surface area contributed by atoms with Crippen molar-refractivity contribution in [3.8, 4) is 0 Å². The van der Waals surface area contributed by atoms with Gasteiger partial charge in [-0.1, -0.05) is 6.07 Å². The number of hydrogen-bond donors (Lipinski definition) is 3. The topological polar surface area (TPSA) is 114 Å². The summed E-state index contributed by atoms with van der Waals surface area (Å²) < 4.78 is 1.60. The van der Waals surface area contributed by atoms with Crippen LogP contribution in [0.1, 0.15) is 17.3 Å². The number of aromatic nitrogens is 1. The van der Waals surface area contributed by atoms with Crippen molar-refractivity contribution < 1.29 is 14.7 Å². The van der Waals surface area contributed by atoms with Gasteiger partial charge in [-0.3, -0.25) is 14.4 Å². The van der Waals surface area contributed by atoms with Crippen LogP contribution in [0, 0.1) is 0 Å². The van der Waals surface area contributed by atoms with Crippen molar-refractivity contribution in [3.05, 3.63) is 40.2 Å². The van der Waals surface area contributed by atoms with E-state index < -0.39 is 23.3 Å². The maximum Gasteiger partial charge on any atom is 0.325 e. The van der Waals surface area contributed by atoms with Gasteiger partial charge >= 0.3 is 5.97 Å². The van der Waals surface area contributed by atoms with Gasteiger partial charge in [0.1, 0.15) is 11.6 Å². The number of benzene rings is 1. The molecule has 2 rings (SSSR count). The van der Waals surface area contributed by atoms with E-state index in [0.717, 1.165) is 0 Å². The van der Waals surface area contributed by atoms with Crippen molar-refractivity contribution in [2.45, 2.75) is 13.0 Å². The van der Waals surface area contributed by atoms with Gasteiger partial charge in [0.15, 0.2) is 0 Å². The third kappa shape index (κ3) is 2.58. The molecule has 0 spiro atoms. The number of pyridine rings is 1. The minimum atomic E-state index is -1.18. The Hall–Kier alpha value is -2.83. The second-order valence-corrected chi connectivity index (χ2v) is 4.76. The highest BCUT2D eigenvalue weighted by atomic mass is 16.4. The lowest BCUT2D eigenvalue weighted by Crippen LogP contribution is -2.40. The van der Waals surface area contributed by atoms with Crippen LogP contribution in [0.4, 0.5) is 5.69 Å². The molecule has 1 heterocycles. The Morgan fingerprint density at radius 1 is 1.38 bits per heavy atom. The number of carbonyl (C=O) groups excluding carboxylic acids is 1. The predicted molar refractivity (Wildman–Crippen MR) is 78.2 cm³/mol. The Bertz CT molecular complexity index is 795. The highest BCUT2D eigenvalue weighted by Crippen LogP contribution is 2.17. The van der Waals surface area contributed by atoms with E-state index in [-0.39, 0.29) is 16.6 Å². The number of rotatable bonds is 3. The molecule has 4 N–H and O–H groups in total. The highest BCUT2D eigenvalue weighted by Gasteiger charge is 2.20. The first-order valence-corrected chi connectivity index (χ1v) is 6.24. The van der Waals surface area contributed by atoms with Crippen LogP contribution in [-0.2, 0) is 11.8 Å². The molecule has 7 heteroatoms. The molecule has 1 aromatic heterocycles. The van der Waals surface area contributed by atoms with Crippen LogP contribution in [0.5, 0.6) is 0 Å². The first-order valence-electron chi connectivity index (χ1n) is 6.24. The number of aliphatic carboxylic acids is 1. The van der Waals surface area contributed by atoms with Crippen LogP contribution in [0.3, 0.4) is 0 Å². The number of aryl methyl sites for hydroxylation is 1. The number of nitrogens with two attached hydrogens (primary N) is 1. The van der Waals surface area contributed by atoms with Crippen molar-refractivity contribution in [3.63, 3.8) is 0 Å². The summed E-state index contributed by atoms with van der Waals surface area (Å²) in [5.41, 5.74) is 6.02. The van der Waals surface area contributed by atoms with Gasteiger partial charge < -0.3 is 20.7 Å². The summed E-state index contributed by atoms with van der Waals surface area (Å²) >= 11 is 0. The largest absolute Gasteiger partial charge is 0.480 e. The zero-order chi connectivity index (χ0) is 15.7. The van der Waals surface area contributed by atoms with E-state index in [1.165, 1.54) is 13.1 Å². The summed E-state index contributed by atoms with van der Waals surface area (Å²) in [5.74, 6) is -1.92. The van der Waals surface area contributed by atoms with Gasteiger partial charge in [-0.25, -0.2) is 0 Å². The molecule has 1 amide bonds. The van der Waals surface area contributed by atoms with E-state index in [0.29, 0.717) is 5.52 Å². The summed E-state index contributed by atoms with van der Waals surface area (Å²) in [6.07, 6.45) is 1.37. The molecule has 0 bridgehead atoms. The fourth-order valence-corrected chi connectivity index (χ4v) is 2.05. The molecule has 21 heavy (non-hydrogen) atoms. The second-order valence-electron chi connectivity index (χ2n) is 4.76. The zero-order valence-electron chi connectivity index (χ0n) is 11.6. The molecular weight excluding hydrogens is 274 g/mol. The molecule has 0 fully saturated rings. The maximum absolute atomic E-state index is 12.4. The lowest BCUT2D eigenvalue weighted by atomic mass is 10.1. The number of carboxylic acids is 1. The fourth-order valence-electron chi connectivity index (χ4n) is 2.05. The van der Waals surface area contributed by atoms with E-state index in [4.69, 9.17) is 10.8 Å². The Morgan fingerprint density at radius 2 is 2.05 bits per heavy atom. The molecule has 1 atom stereocenters. The average molecular weight is 289 g/mol. The van der Waals surface area contributed by atoms with Crippen LogP contribution < -0.4 is 16.5 Å². The number of fused-ring (bicyclic) bond motifs is 1. The molecular formula is C14H15N3O4. The van der Waals surface area contributed by atoms with E-state index in [9.17, 15) is 14.4 Å². The minimum Gasteiger partial charge on any atom is -0.480 e. The van der Waals surface area contributed by atoms with E-state index in [1.54, 1.807) is 29.8 Å². The third-order valence-corrected chi connectivity index (χ3v) is 3.21. The number of carbonyl (C=O) groups is 2. The molecule has 1 unspecified atom stereocenters. The Kier molecular flexibility index (Phi) is 3.66. The van der Waals surface area contributed by atoms with Crippen LogP contribution >= 0.6 is 0 Å². The molecule has 0 aliphatic heterocycles. The molecule has 0 aliphatic rings. The zero-order valence-corrected chi connectivity index (χ0v) is 11.6. The maximum atomic E-state index is 12.4. The van der Waals surface area contributed by atoms with Crippen LogP contribution in [0.25, 0.3) is 10.9 Å². The van der Waals surface area contributed by atoms with Crippen molar-refractivity contribution in [1.29, 1.82) is 0 Å². The summed E-state index contributed by atoms with van der Waals surface area (Å²) in [6.45, 7) is 1.32. The summed E-state index contributed by atoms with van der Waals surface area (Å²) in [6, 6.07) is 3.91. The number of anilines is 1. The molecule has 110 valence electrons. The lowest BCUT2D eigenvalue weighted by Gasteiger charge is -2.12. The Balaban J connectivity index is 2.59. The summed E-state index contributed by atoms with van der Waals surface area (Å²) in [4.78, 5) is 35.2. The van der Waals surface area contributed by atoms with Crippen molar-refractivity contribution in [2.24, 2.45) is 7.05 Å². The predicted octanol–water partition coefficient (Wildman–Crippen LogP) is 0.324. The van der Waals surface area contributed by atoms with Gasteiger partial charge in [-0.05, 0) is 19.1 Å².